The summed E-state index contributed by atoms with van der Waals surface area (Å²) in [6.07, 6.45) is 66.1. The maximum absolute atomic E-state index is 6.33. The molecule has 0 radical (unpaired) electrons. The zero-order valence-electron chi connectivity index (χ0n) is 42.9. The molecule has 0 saturated carbocycles. The number of nitrogens with zero attached hydrogens (tertiary/aromatic N) is 1. The van der Waals surface area contributed by atoms with Crippen molar-refractivity contribution in [2.45, 2.75) is 324 Å². The van der Waals surface area contributed by atoms with Crippen molar-refractivity contribution in [1.82, 2.24) is 4.90 Å². The van der Waals surface area contributed by atoms with Gasteiger partial charge in [-0.2, -0.15) is 0 Å². The Morgan fingerprint density at radius 1 is 0.333 bits per heavy atom. The Morgan fingerprint density at radius 2 is 0.683 bits per heavy atom. The molecular formula is C58H117NO. The minimum atomic E-state index is 0.935. The maximum atomic E-state index is 6.33. The van der Waals surface area contributed by atoms with E-state index in [9.17, 15) is 0 Å². The Morgan fingerprint density at radius 3 is 1.12 bits per heavy atom. The van der Waals surface area contributed by atoms with Gasteiger partial charge in [0.2, 0.25) is 0 Å². The number of hydrogen-bond acceptors (Lipinski definition) is 2. The molecule has 2 heteroatoms. The topological polar surface area (TPSA) is 12.5 Å². The molecule has 1 atom stereocenters. The molecule has 360 valence electrons. The molecule has 0 amide bonds. The van der Waals surface area contributed by atoms with E-state index < -0.39 is 0 Å². The third-order valence-electron chi connectivity index (χ3n) is 13.8. The zero-order chi connectivity index (χ0) is 43.5. The van der Waals surface area contributed by atoms with Crippen LogP contribution < -0.4 is 0 Å². The first-order chi connectivity index (χ1) is 29.7. The van der Waals surface area contributed by atoms with E-state index in [4.69, 9.17) is 4.74 Å². The minimum Gasteiger partial charge on any atom is -0.381 e. The summed E-state index contributed by atoms with van der Waals surface area (Å²) >= 11 is 0. The SMILES string of the molecule is CCCCCCCCC/C=C(/CCCCOCCCC(CCCCCCCCC)CCCCCCCCCC)CCN(CCCCCCCCC)CCCCCCCCC. The fourth-order valence-electron chi connectivity index (χ4n) is 9.48. The zero-order valence-corrected chi connectivity index (χ0v) is 42.9. The average molecular weight is 845 g/mol. The van der Waals surface area contributed by atoms with Gasteiger partial charge in [0.15, 0.2) is 0 Å². The van der Waals surface area contributed by atoms with Crippen molar-refractivity contribution < 1.29 is 4.74 Å². The van der Waals surface area contributed by atoms with Gasteiger partial charge in [-0.25, -0.2) is 0 Å². The molecular weight excluding hydrogens is 727 g/mol. The largest absolute Gasteiger partial charge is 0.381 e. The lowest BCUT2D eigenvalue weighted by Crippen LogP contribution is -2.27. The molecule has 0 aromatic rings. The second-order valence-corrected chi connectivity index (χ2v) is 19.9. The van der Waals surface area contributed by atoms with Crippen molar-refractivity contribution in [2.75, 3.05) is 32.8 Å². The average Bonchev–Trinajstić information content (AvgIpc) is 3.26. The van der Waals surface area contributed by atoms with Crippen LogP contribution in [0.25, 0.3) is 0 Å². The van der Waals surface area contributed by atoms with Gasteiger partial charge >= 0.3 is 0 Å². The summed E-state index contributed by atoms with van der Waals surface area (Å²) in [6.45, 7) is 17.5. The van der Waals surface area contributed by atoms with Crippen LogP contribution in [0.15, 0.2) is 11.6 Å². The van der Waals surface area contributed by atoms with Gasteiger partial charge in [-0.15, -0.1) is 0 Å². The van der Waals surface area contributed by atoms with Gasteiger partial charge in [0.05, 0.1) is 0 Å². The van der Waals surface area contributed by atoms with E-state index in [0.717, 1.165) is 19.1 Å². The van der Waals surface area contributed by atoms with Gasteiger partial charge < -0.3 is 9.64 Å². The number of rotatable bonds is 53. The molecule has 2 nitrogen and oxygen atoms in total. The van der Waals surface area contributed by atoms with E-state index in [0.29, 0.717) is 0 Å². The highest BCUT2D eigenvalue weighted by Crippen LogP contribution is 2.24. The predicted octanol–water partition coefficient (Wildman–Crippen LogP) is 20.5. The molecule has 0 N–H and O–H groups in total. The number of hydrogen-bond donors (Lipinski definition) is 0. The molecule has 0 aliphatic carbocycles. The summed E-state index contributed by atoms with van der Waals surface area (Å²) in [6, 6.07) is 0. The van der Waals surface area contributed by atoms with Crippen LogP contribution in [0, 0.1) is 5.92 Å². The van der Waals surface area contributed by atoms with Gasteiger partial charge in [-0.05, 0) is 83.2 Å². The van der Waals surface area contributed by atoms with E-state index >= 15 is 0 Å². The molecule has 0 bridgehead atoms. The fraction of sp³-hybridized carbons (Fsp3) is 0.966. The van der Waals surface area contributed by atoms with Crippen LogP contribution in [0.1, 0.15) is 324 Å². The van der Waals surface area contributed by atoms with E-state index in [2.05, 4.69) is 45.6 Å². The lowest BCUT2D eigenvalue weighted by atomic mass is 9.90. The first kappa shape index (κ1) is 59.7. The number of ether oxygens (including phenoxy) is 1. The van der Waals surface area contributed by atoms with Crippen LogP contribution in [0.4, 0.5) is 0 Å². The first-order valence-electron chi connectivity index (χ1n) is 28.7. The number of unbranched alkanes of at least 4 members (excludes halogenated alkanes) is 33. The fourth-order valence-corrected chi connectivity index (χ4v) is 9.48. The van der Waals surface area contributed by atoms with Gasteiger partial charge in [-0.1, -0.05) is 271 Å². The van der Waals surface area contributed by atoms with E-state index in [1.807, 2.05) is 0 Å². The third-order valence-corrected chi connectivity index (χ3v) is 13.8. The van der Waals surface area contributed by atoms with Crippen LogP contribution in [0.2, 0.25) is 0 Å². The van der Waals surface area contributed by atoms with Crippen molar-refractivity contribution in [1.29, 1.82) is 0 Å². The molecule has 0 heterocycles. The van der Waals surface area contributed by atoms with Crippen molar-refractivity contribution in [3.05, 3.63) is 11.6 Å². The Hall–Kier alpha value is -0.340. The van der Waals surface area contributed by atoms with Crippen LogP contribution >= 0.6 is 0 Å². The van der Waals surface area contributed by atoms with Gasteiger partial charge in [0.25, 0.3) is 0 Å². The smallest absolute Gasteiger partial charge is 0.0466 e. The summed E-state index contributed by atoms with van der Waals surface area (Å²) < 4.78 is 6.33. The predicted molar refractivity (Wildman–Crippen MR) is 275 cm³/mol. The Bertz CT molecular complexity index is 774. The Balaban J connectivity index is 4.88. The highest BCUT2D eigenvalue weighted by Gasteiger charge is 2.10. The Labute approximate surface area is 382 Å². The van der Waals surface area contributed by atoms with E-state index in [1.165, 1.54) is 309 Å². The van der Waals surface area contributed by atoms with Gasteiger partial charge in [0, 0.05) is 19.8 Å². The van der Waals surface area contributed by atoms with Crippen LogP contribution in [-0.2, 0) is 4.74 Å². The maximum Gasteiger partial charge on any atom is 0.0466 e. The van der Waals surface area contributed by atoms with Crippen molar-refractivity contribution in [3.8, 4) is 0 Å². The second kappa shape index (κ2) is 53.0. The second-order valence-electron chi connectivity index (χ2n) is 19.9. The molecule has 0 aromatic heterocycles. The minimum absolute atomic E-state index is 0.935. The van der Waals surface area contributed by atoms with Gasteiger partial charge in [-0.3, -0.25) is 0 Å². The van der Waals surface area contributed by atoms with Crippen molar-refractivity contribution in [3.63, 3.8) is 0 Å². The molecule has 1 unspecified atom stereocenters. The molecule has 0 saturated heterocycles. The van der Waals surface area contributed by atoms with Crippen molar-refractivity contribution >= 4 is 0 Å². The molecule has 0 aliphatic rings. The summed E-state index contributed by atoms with van der Waals surface area (Å²) in [5.41, 5.74) is 1.76. The van der Waals surface area contributed by atoms with Gasteiger partial charge in [0.1, 0.15) is 0 Å². The first-order valence-corrected chi connectivity index (χ1v) is 28.7. The number of allylic oxidation sites excluding steroid dienone is 1. The molecule has 0 aromatic carbocycles. The molecule has 0 rings (SSSR count). The highest BCUT2D eigenvalue weighted by atomic mass is 16.5. The standard InChI is InChI=1S/C58H117NO/c1-6-11-16-21-26-29-34-39-47-57(46-38-33-28-23-18-13-8-3)50-45-56-60-55-44-41-49-58(48-40-35-30-27-22-17-12-7-2)51-54-59(52-42-36-31-24-19-14-9-4)53-43-37-32-25-20-15-10-5/h48,57H,6-47,49-56H2,1-5H3/b58-48-. The summed E-state index contributed by atoms with van der Waals surface area (Å²) in [5, 5.41) is 0. The summed E-state index contributed by atoms with van der Waals surface area (Å²) in [4.78, 5) is 2.87. The monoisotopic (exact) mass is 844 g/mol. The quantitative estimate of drug-likeness (QED) is 0.0447. The summed E-state index contributed by atoms with van der Waals surface area (Å²) in [5.74, 6) is 0.935. The molecule has 60 heavy (non-hydrogen) atoms. The van der Waals surface area contributed by atoms with Crippen LogP contribution in [-0.4, -0.2) is 37.7 Å². The molecule has 0 aliphatic heterocycles. The lowest BCUT2D eigenvalue weighted by molar-refractivity contribution is 0.122. The summed E-state index contributed by atoms with van der Waals surface area (Å²) in [7, 11) is 0. The lowest BCUT2D eigenvalue weighted by Gasteiger charge is -2.23. The van der Waals surface area contributed by atoms with Crippen molar-refractivity contribution in [2.24, 2.45) is 5.92 Å². The van der Waals surface area contributed by atoms with E-state index in [-0.39, 0.29) is 0 Å². The van der Waals surface area contributed by atoms with Crippen LogP contribution in [0.5, 0.6) is 0 Å². The molecule has 0 spiro atoms. The Kier molecular flexibility index (Phi) is 52.7. The van der Waals surface area contributed by atoms with Crippen LogP contribution in [0.3, 0.4) is 0 Å². The third kappa shape index (κ3) is 47.1. The van der Waals surface area contributed by atoms with E-state index in [1.54, 1.807) is 5.57 Å². The highest BCUT2D eigenvalue weighted by molar-refractivity contribution is 5.02. The normalized spacial score (nSPS) is 12.7. The molecule has 0 fully saturated rings.